The van der Waals surface area contributed by atoms with Crippen LogP contribution in [0.1, 0.15) is 29.9 Å². The Bertz CT molecular complexity index is 611. The van der Waals surface area contributed by atoms with Crippen LogP contribution in [0.3, 0.4) is 0 Å². The Morgan fingerprint density at radius 2 is 1.94 bits per heavy atom. The number of hydrogen-bond acceptors (Lipinski definition) is 2. The van der Waals surface area contributed by atoms with E-state index >= 15 is 0 Å². The van der Waals surface area contributed by atoms with E-state index in [1.54, 1.807) is 13.8 Å². The van der Waals surface area contributed by atoms with Crippen LogP contribution in [0.2, 0.25) is 0 Å². The Hall–Kier alpha value is -2.10. The summed E-state index contributed by atoms with van der Waals surface area (Å²) in [6.07, 6.45) is -0.141. The van der Waals surface area contributed by atoms with Gasteiger partial charge in [-0.1, -0.05) is 32.0 Å². The quantitative estimate of drug-likeness (QED) is 0.813. The molecule has 18 heavy (non-hydrogen) atoms. The number of benzene rings is 1. The number of carboxylic acid groups (broad SMARTS) is 1. The van der Waals surface area contributed by atoms with Crippen molar-refractivity contribution in [1.29, 1.82) is 0 Å². The minimum atomic E-state index is -0.933. The van der Waals surface area contributed by atoms with Crippen LogP contribution >= 0.6 is 0 Å². The van der Waals surface area contributed by atoms with Crippen LogP contribution in [0.4, 0.5) is 0 Å². The van der Waals surface area contributed by atoms with Gasteiger partial charge in [-0.15, -0.1) is 0 Å². The number of carbonyl (C=O) groups is 2. The van der Waals surface area contributed by atoms with Crippen molar-refractivity contribution in [2.45, 2.75) is 20.3 Å². The number of aromatic nitrogens is 1. The number of aromatic amines is 1. The largest absolute Gasteiger partial charge is 0.481 e. The zero-order valence-electron chi connectivity index (χ0n) is 10.4. The zero-order chi connectivity index (χ0) is 13.3. The van der Waals surface area contributed by atoms with Crippen LogP contribution in [0.15, 0.2) is 24.3 Å². The standard InChI is InChI=1S/C14H15NO3/c1-8(2)14(18)13-10(7-12(16)17)9-5-3-4-6-11(9)15-13/h3-6,8,15H,7H2,1-2H3,(H,16,17). The lowest BCUT2D eigenvalue weighted by Gasteiger charge is -2.04. The average molecular weight is 245 g/mol. The van der Waals surface area contributed by atoms with Gasteiger partial charge in [0.05, 0.1) is 12.1 Å². The molecule has 0 radical (unpaired) electrons. The van der Waals surface area contributed by atoms with Gasteiger partial charge in [0.25, 0.3) is 0 Å². The van der Waals surface area contributed by atoms with Crippen LogP contribution in [0.5, 0.6) is 0 Å². The molecule has 1 aromatic carbocycles. The molecule has 0 aliphatic carbocycles. The molecule has 94 valence electrons. The van der Waals surface area contributed by atoms with Crippen LogP contribution in [-0.2, 0) is 11.2 Å². The predicted molar refractivity (Wildman–Crippen MR) is 68.8 cm³/mol. The lowest BCUT2D eigenvalue weighted by Crippen LogP contribution is -2.12. The second kappa shape index (κ2) is 4.64. The van der Waals surface area contributed by atoms with Gasteiger partial charge in [-0.05, 0) is 11.6 Å². The van der Waals surface area contributed by atoms with Gasteiger partial charge in [-0.3, -0.25) is 9.59 Å². The number of ketones is 1. The van der Waals surface area contributed by atoms with Gasteiger partial charge < -0.3 is 10.1 Å². The third-order valence-corrected chi connectivity index (χ3v) is 2.91. The van der Waals surface area contributed by atoms with Gasteiger partial charge in [0.2, 0.25) is 0 Å². The van der Waals surface area contributed by atoms with Gasteiger partial charge in [0.15, 0.2) is 5.78 Å². The summed E-state index contributed by atoms with van der Waals surface area (Å²) in [6, 6.07) is 7.37. The number of para-hydroxylation sites is 1. The van der Waals surface area contributed by atoms with Gasteiger partial charge >= 0.3 is 5.97 Å². The van der Waals surface area contributed by atoms with E-state index < -0.39 is 5.97 Å². The highest BCUT2D eigenvalue weighted by Gasteiger charge is 2.21. The molecule has 0 spiro atoms. The number of nitrogens with one attached hydrogen (secondary N) is 1. The van der Waals surface area contributed by atoms with Crippen molar-refractivity contribution in [3.63, 3.8) is 0 Å². The summed E-state index contributed by atoms with van der Waals surface area (Å²) in [6.45, 7) is 3.61. The number of carboxylic acids is 1. The van der Waals surface area contributed by atoms with Crippen molar-refractivity contribution >= 4 is 22.7 Å². The molecule has 0 amide bonds. The van der Waals surface area contributed by atoms with E-state index in [0.29, 0.717) is 11.3 Å². The Labute approximate surface area is 105 Å². The fourth-order valence-corrected chi connectivity index (χ4v) is 2.03. The molecule has 4 nitrogen and oxygen atoms in total. The maximum atomic E-state index is 12.1. The van der Waals surface area contributed by atoms with E-state index in [1.165, 1.54) is 0 Å². The fourth-order valence-electron chi connectivity index (χ4n) is 2.03. The first kappa shape index (κ1) is 12.4. The van der Waals surface area contributed by atoms with Gasteiger partial charge in [0.1, 0.15) is 0 Å². The maximum absolute atomic E-state index is 12.1. The first-order valence-electron chi connectivity index (χ1n) is 5.86. The predicted octanol–water partition coefficient (Wildman–Crippen LogP) is 2.63. The first-order chi connectivity index (χ1) is 8.50. The summed E-state index contributed by atoms with van der Waals surface area (Å²) in [7, 11) is 0. The molecule has 2 N–H and O–H groups in total. The third-order valence-electron chi connectivity index (χ3n) is 2.91. The van der Waals surface area contributed by atoms with E-state index in [2.05, 4.69) is 4.98 Å². The van der Waals surface area contributed by atoms with Crippen molar-refractivity contribution in [3.8, 4) is 0 Å². The number of rotatable bonds is 4. The minimum absolute atomic E-state index is 0.0533. The Balaban J connectivity index is 2.64. The molecule has 0 bridgehead atoms. The minimum Gasteiger partial charge on any atom is -0.481 e. The molecule has 0 aliphatic heterocycles. The average Bonchev–Trinajstić information content (AvgIpc) is 2.66. The van der Waals surface area contributed by atoms with E-state index in [4.69, 9.17) is 5.11 Å². The summed E-state index contributed by atoms with van der Waals surface area (Å²) >= 11 is 0. The lowest BCUT2D eigenvalue weighted by atomic mass is 10.00. The molecule has 0 aliphatic rings. The van der Waals surface area contributed by atoms with Crippen LogP contribution in [-0.4, -0.2) is 21.8 Å². The van der Waals surface area contributed by atoms with Crippen molar-refractivity contribution in [2.24, 2.45) is 5.92 Å². The molecule has 0 fully saturated rings. The number of hydrogen-bond donors (Lipinski definition) is 2. The number of H-pyrrole nitrogens is 1. The number of fused-ring (bicyclic) bond motifs is 1. The van der Waals surface area contributed by atoms with E-state index in [0.717, 1.165) is 10.9 Å². The molecule has 0 atom stereocenters. The van der Waals surface area contributed by atoms with Crippen LogP contribution in [0.25, 0.3) is 10.9 Å². The fraction of sp³-hybridized carbons (Fsp3) is 0.286. The van der Waals surface area contributed by atoms with Gasteiger partial charge in [0, 0.05) is 16.8 Å². The van der Waals surface area contributed by atoms with Crippen molar-refractivity contribution in [2.75, 3.05) is 0 Å². The molecule has 0 saturated heterocycles. The Morgan fingerprint density at radius 1 is 1.28 bits per heavy atom. The number of carbonyl (C=O) groups excluding carboxylic acids is 1. The topological polar surface area (TPSA) is 70.2 Å². The first-order valence-corrected chi connectivity index (χ1v) is 5.86. The van der Waals surface area contributed by atoms with Crippen molar-refractivity contribution < 1.29 is 14.7 Å². The highest BCUT2D eigenvalue weighted by molar-refractivity contribution is 6.04. The highest BCUT2D eigenvalue weighted by Crippen LogP contribution is 2.24. The molecule has 0 saturated carbocycles. The molecule has 1 aromatic heterocycles. The normalized spacial score (nSPS) is 11.1. The number of Topliss-reactive ketones (excluding diaryl/α,β-unsaturated/α-hetero) is 1. The van der Waals surface area contributed by atoms with E-state index in [-0.39, 0.29) is 18.1 Å². The SMILES string of the molecule is CC(C)C(=O)c1[nH]c2ccccc2c1CC(=O)O. The summed E-state index contributed by atoms with van der Waals surface area (Å²) in [5.74, 6) is -1.15. The summed E-state index contributed by atoms with van der Waals surface area (Å²) in [5.41, 5.74) is 1.81. The molecule has 2 rings (SSSR count). The molecular formula is C14H15NO3. The molecule has 1 heterocycles. The van der Waals surface area contributed by atoms with Crippen LogP contribution < -0.4 is 0 Å². The summed E-state index contributed by atoms with van der Waals surface area (Å²) in [4.78, 5) is 26.1. The highest BCUT2D eigenvalue weighted by atomic mass is 16.4. The van der Waals surface area contributed by atoms with Gasteiger partial charge in [-0.25, -0.2) is 0 Å². The molecule has 4 heteroatoms. The molecule has 2 aromatic rings. The number of aliphatic carboxylic acids is 1. The van der Waals surface area contributed by atoms with E-state index in [1.807, 2.05) is 24.3 Å². The maximum Gasteiger partial charge on any atom is 0.307 e. The lowest BCUT2D eigenvalue weighted by molar-refractivity contribution is -0.136. The molecule has 0 unspecified atom stereocenters. The zero-order valence-corrected chi connectivity index (χ0v) is 10.4. The van der Waals surface area contributed by atoms with Crippen molar-refractivity contribution in [3.05, 3.63) is 35.5 Å². The van der Waals surface area contributed by atoms with Gasteiger partial charge in [-0.2, -0.15) is 0 Å². The third kappa shape index (κ3) is 2.14. The summed E-state index contributed by atoms with van der Waals surface area (Å²) < 4.78 is 0. The summed E-state index contributed by atoms with van der Waals surface area (Å²) in [5, 5.41) is 9.77. The van der Waals surface area contributed by atoms with Crippen molar-refractivity contribution in [1.82, 2.24) is 4.98 Å². The van der Waals surface area contributed by atoms with E-state index in [9.17, 15) is 9.59 Å². The second-order valence-electron chi connectivity index (χ2n) is 4.61. The van der Waals surface area contributed by atoms with Crippen LogP contribution in [0, 0.1) is 5.92 Å². The monoisotopic (exact) mass is 245 g/mol. The molecular weight excluding hydrogens is 230 g/mol. The Morgan fingerprint density at radius 3 is 2.56 bits per heavy atom. The second-order valence-corrected chi connectivity index (χ2v) is 4.61. The smallest absolute Gasteiger partial charge is 0.307 e. The Kier molecular flexibility index (Phi) is 3.19.